The molecule has 94 valence electrons. The molecule has 1 heterocycles. The van der Waals surface area contributed by atoms with E-state index in [1.807, 2.05) is 0 Å². The monoisotopic (exact) mass is 285 g/mol. The van der Waals surface area contributed by atoms with Crippen molar-refractivity contribution in [1.82, 2.24) is 4.98 Å². The number of aromatic nitrogens is 1. The van der Waals surface area contributed by atoms with Crippen molar-refractivity contribution in [1.29, 1.82) is 0 Å². The van der Waals surface area contributed by atoms with Crippen molar-refractivity contribution in [2.75, 3.05) is 6.61 Å². The maximum absolute atomic E-state index is 11.8. The third-order valence-corrected chi connectivity index (χ3v) is 3.02. The summed E-state index contributed by atoms with van der Waals surface area (Å²) >= 11 is 11.9. The van der Waals surface area contributed by atoms with Crippen LogP contribution < -0.4 is 5.56 Å². The van der Waals surface area contributed by atoms with Crippen molar-refractivity contribution < 1.29 is 9.53 Å². The largest absolute Gasteiger partial charge is 0.462 e. The molecule has 0 aliphatic heterocycles. The summed E-state index contributed by atoms with van der Waals surface area (Å²) in [7, 11) is 0. The first-order valence-corrected chi connectivity index (χ1v) is 5.98. The molecule has 6 heteroatoms. The number of fused-ring (bicyclic) bond motifs is 1. The van der Waals surface area contributed by atoms with E-state index in [2.05, 4.69) is 4.98 Å². The summed E-state index contributed by atoms with van der Waals surface area (Å²) in [5.41, 5.74) is -0.260. The maximum atomic E-state index is 11.8. The SMILES string of the molecule is CCOC(=O)c1c(Cl)c2cc(Cl)ccc2[nH]c1=O. The first-order chi connectivity index (χ1) is 8.54. The zero-order valence-corrected chi connectivity index (χ0v) is 10.9. The average Bonchev–Trinajstić information content (AvgIpc) is 2.31. The number of benzene rings is 1. The Morgan fingerprint density at radius 1 is 1.39 bits per heavy atom. The van der Waals surface area contributed by atoms with E-state index in [1.54, 1.807) is 25.1 Å². The Morgan fingerprint density at radius 2 is 2.11 bits per heavy atom. The first-order valence-electron chi connectivity index (χ1n) is 5.22. The third kappa shape index (κ3) is 2.21. The molecule has 0 bridgehead atoms. The topological polar surface area (TPSA) is 59.2 Å². The van der Waals surface area contributed by atoms with Crippen molar-refractivity contribution in [2.45, 2.75) is 6.92 Å². The number of H-pyrrole nitrogens is 1. The smallest absolute Gasteiger partial charge is 0.345 e. The molecule has 0 aliphatic rings. The van der Waals surface area contributed by atoms with Gasteiger partial charge >= 0.3 is 5.97 Å². The Morgan fingerprint density at radius 3 is 2.78 bits per heavy atom. The van der Waals surface area contributed by atoms with Gasteiger partial charge in [-0.15, -0.1) is 0 Å². The van der Waals surface area contributed by atoms with Gasteiger partial charge in [0.2, 0.25) is 0 Å². The van der Waals surface area contributed by atoms with Gasteiger partial charge in [-0.25, -0.2) is 4.79 Å². The molecule has 0 saturated heterocycles. The van der Waals surface area contributed by atoms with E-state index in [0.717, 1.165) is 0 Å². The molecule has 18 heavy (non-hydrogen) atoms. The molecular weight excluding hydrogens is 277 g/mol. The predicted octanol–water partition coefficient (Wildman–Crippen LogP) is 3.01. The molecule has 2 rings (SSSR count). The zero-order valence-electron chi connectivity index (χ0n) is 9.42. The van der Waals surface area contributed by atoms with Crippen LogP contribution in [0.2, 0.25) is 10.0 Å². The minimum absolute atomic E-state index is 0.0506. The molecule has 0 amide bonds. The molecule has 0 fully saturated rings. The number of hydrogen-bond donors (Lipinski definition) is 1. The third-order valence-electron chi connectivity index (χ3n) is 2.39. The summed E-state index contributed by atoms with van der Waals surface area (Å²) < 4.78 is 4.79. The van der Waals surface area contributed by atoms with E-state index in [0.29, 0.717) is 15.9 Å². The molecule has 0 spiro atoms. The van der Waals surface area contributed by atoms with Crippen LogP contribution in [-0.4, -0.2) is 17.6 Å². The lowest BCUT2D eigenvalue weighted by molar-refractivity contribution is 0.0524. The average molecular weight is 286 g/mol. The summed E-state index contributed by atoms with van der Waals surface area (Å²) in [5.74, 6) is -0.745. The van der Waals surface area contributed by atoms with Crippen LogP contribution in [0, 0.1) is 0 Å². The first kappa shape index (κ1) is 12.9. The van der Waals surface area contributed by atoms with Crippen LogP contribution in [-0.2, 0) is 4.74 Å². The van der Waals surface area contributed by atoms with E-state index in [9.17, 15) is 9.59 Å². The fourth-order valence-corrected chi connectivity index (χ4v) is 2.10. The van der Waals surface area contributed by atoms with Crippen molar-refractivity contribution in [3.8, 4) is 0 Å². The summed E-state index contributed by atoms with van der Waals surface area (Å²) in [5, 5.41) is 1.02. The van der Waals surface area contributed by atoms with Gasteiger partial charge in [-0.3, -0.25) is 4.79 Å². The van der Waals surface area contributed by atoms with Gasteiger partial charge in [0.15, 0.2) is 0 Å². The molecule has 0 saturated carbocycles. The quantitative estimate of drug-likeness (QED) is 0.863. The van der Waals surface area contributed by atoms with Gasteiger partial charge in [0.25, 0.3) is 5.56 Å². The fraction of sp³-hybridized carbons (Fsp3) is 0.167. The van der Waals surface area contributed by atoms with E-state index in [-0.39, 0.29) is 17.2 Å². The highest BCUT2D eigenvalue weighted by Gasteiger charge is 2.19. The number of ether oxygens (including phenoxy) is 1. The highest BCUT2D eigenvalue weighted by atomic mass is 35.5. The van der Waals surface area contributed by atoms with Gasteiger partial charge in [0.1, 0.15) is 5.56 Å². The number of aromatic amines is 1. The van der Waals surface area contributed by atoms with Gasteiger partial charge in [0.05, 0.1) is 11.6 Å². The Bertz CT molecular complexity index is 679. The van der Waals surface area contributed by atoms with Crippen molar-refractivity contribution in [2.24, 2.45) is 0 Å². The van der Waals surface area contributed by atoms with Crippen molar-refractivity contribution in [3.63, 3.8) is 0 Å². The molecule has 0 unspecified atom stereocenters. The Kier molecular flexibility index (Phi) is 3.59. The zero-order chi connectivity index (χ0) is 13.3. The van der Waals surface area contributed by atoms with Crippen molar-refractivity contribution in [3.05, 3.63) is 44.2 Å². The highest BCUT2D eigenvalue weighted by molar-refractivity contribution is 6.39. The number of carbonyl (C=O) groups excluding carboxylic acids is 1. The number of carbonyl (C=O) groups is 1. The Hall–Kier alpha value is -1.52. The second-order valence-corrected chi connectivity index (χ2v) is 4.37. The fourth-order valence-electron chi connectivity index (χ4n) is 1.61. The van der Waals surface area contributed by atoms with E-state index in [4.69, 9.17) is 27.9 Å². The normalized spacial score (nSPS) is 10.6. The number of nitrogens with one attached hydrogen (secondary N) is 1. The van der Waals surface area contributed by atoms with Gasteiger partial charge in [0, 0.05) is 15.9 Å². The van der Waals surface area contributed by atoms with Gasteiger partial charge < -0.3 is 9.72 Å². The van der Waals surface area contributed by atoms with Crippen LogP contribution in [0.3, 0.4) is 0 Å². The number of halogens is 2. The molecule has 0 radical (unpaired) electrons. The lowest BCUT2D eigenvalue weighted by Crippen LogP contribution is -2.20. The minimum Gasteiger partial charge on any atom is -0.462 e. The van der Waals surface area contributed by atoms with E-state index < -0.39 is 11.5 Å². The van der Waals surface area contributed by atoms with Crippen LogP contribution in [0.25, 0.3) is 10.9 Å². The summed E-state index contributed by atoms with van der Waals surface area (Å²) in [6.45, 7) is 1.82. The Labute approximate surface area is 112 Å². The number of hydrogen-bond acceptors (Lipinski definition) is 3. The van der Waals surface area contributed by atoms with Gasteiger partial charge in [-0.1, -0.05) is 23.2 Å². The predicted molar refractivity (Wildman–Crippen MR) is 70.5 cm³/mol. The highest BCUT2D eigenvalue weighted by Crippen LogP contribution is 2.26. The standard InChI is InChI=1S/C12H9Cl2NO3/c1-2-18-12(17)9-10(14)7-5-6(13)3-4-8(7)15-11(9)16/h3-5H,2H2,1H3,(H,15,16). The van der Waals surface area contributed by atoms with Crippen LogP contribution in [0.5, 0.6) is 0 Å². The lowest BCUT2D eigenvalue weighted by Gasteiger charge is -2.06. The van der Waals surface area contributed by atoms with Crippen LogP contribution >= 0.6 is 23.2 Å². The van der Waals surface area contributed by atoms with Crippen LogP contribution in [0.4, 0.5) is 0 Å². The number of esters is 1. The molecule has 0 aliphatic carbocycles. The second-order valence-electron chi connectivity index (χ2n) is 3.55. The van der Waals surface area contributed by atoms with Crippen molar-refractivity contribution >= 4 is 40.1 Å². The van der Waals surface area contributed by atoms with E-state index >= 15 is 0 Å². The lowest BCUT2D eigenvalue weighted by atomic mass is 10.1. The maximum Gasteiger partial charge on any atom is 0.345 e. The number of rotatable bonds is 2. The molecule has 1 N–H and O–H groups in total. The molecule has 1 aromatic carbocycles. The van der Waals surface area contributed by atoms with Crippen LogP contribution in [0.1, 0.15) is 17.3 Å². The van der Waals surface area contributed by atoms with Crippen LogP contribution in [0.15, 0.2) is 23.0 Å². The molecule has 1 aromatic heterocycles. The van der Waals surface area contributed by atoms with Gasteiger partial charge in [-0.2, -0.15) is 0 Å². The summed E-state index contributed by atoms with van der Waals surface area (Å²) in [6.07, 6.45) is 0. The minimum atomic E-state index is -0.745. The number of pyridine rings is 1. The molecule has 2 aromatic rings. The summed E-state index contributed by atoms with van der Waals surface area (Å²) in [4.78, 5) is 26.0. The molecule has 4 nitrogen and oxygen atoms in total. The van der Waals surface area contributed by atoms with E-state index in [1.165, 1.54) is 0 Å². The van der Waals surface area contributed by atoms with Gasteiger partial charge in [-0.05, 0) is 25.1 Å². The Balaban J connectivity index is 2.75. The molecular formula is C12H9Cl2NO3. The molecule has 0 atom stereocenters. The summed E-state index contributed by atoms with van der Waals surface area (Å²) in [6, 6.07) is 4.83. The second kappa shape index (κ2) is 5.00.